The monoisotopic (exact) mass is 304 g/mol. The number of hydrogen-bond acceptors (Lipinski definition) is 4. The van der Waals surface area contributed by atoms with Crippen molar-refractivity contribution >= 4 is 17.2 Å². The summed E-state index contributed by atoms with van der Waals surface area (Å²) in [6.45, 7) is 1.97. The molecule has 0 fully saturated rings. The number of halogens is 3. The van der Waals surface area contributed by atoms with Crippen LogP contribution in [0.1, 0.15) is 21.1 Å². The lowest BCUT2D eigenvalue weighted by Crippen LogP contribution is -2.33. The van der Waals surface area contributed by atoms with Gasteiger partial charge in [0.2, 0.25) is 0 Å². The first kappa shape index (κ1) is 14.6. The molecule has 2 rings (SSSR count). The number of thiazole rings is 1. The highest BCUT2D eigenvalue weighted by Gasteiger charge is 2.29. The summed E-state index contributed by atoms with van der Waals surface area (Å²) >= 11 is 1.00. The SMILES string of the molecule is Cc1ccc(-c2nc(C)c(C(=O)NCC(F)(F)F)s2)o1. The van der Waals surface area contributed by atoms with Crippen molar-refractivity contribution < 1.29 is 22.4 Å². The molecule has 0 saturated carbocycles. The van der Waals surface area contributed by atoms with Crippen molar-refractivity contribution in [3.8, 4) is 10.8 Å². The highest BCUT2D eigenvalue weighted by Crippen LogP contribution is 2.29. The molecule has 0 aliphatic rings. The minimum absolute atomic E-state index is 0.151. The lowest BCUT2D eigenvalue weighted by atomic mass is 10.3. The molecule has 1 amide bonds. The highest BCUT2D eigenvalue weighted by molar-refractivity contribution is 7.17. The molecule has 0 aliphatic heterocycles. The summed E-state index contributed by atoms with van der Waals surface area (Å²) in [6.07, 6.45) is -4.44. The molecule has 2 aromatic rings. The zero-order valence-electron chi connectivity index (χ0n) is 10.7. The molecule has 2 aromatic heterocycles. The average molecular weight is 304 g/mol. The summed E-state index contributed by atoms with van der Waals surface area (Å²) in [4.78, 5) is 16.0. The van der Waals surface area contributed by atoms with E-state index in [2.05, 4.69) is 4.98 Å². The van der Waals surface area contributed by atoms with Crippen molar-refractivity contribution in [2.75, 3.05) is 6.54 Å². The molecule has 0 radical (unpaired) electrons. The third-order valence-electron chi connectivity index (χ3n) is 2.40. The smallest absolute Gasteiger partial charge is 0.405 e. The van der Waals surface area contributed by atoms with Crippen LogP contribution >= 0.6 is 11.3 Å². The highest BCUT2D eigenvalue weighted by atomic mass is 32.1. The van der Waals surface area contributed by atoms with Gasteiger partial charge in [-0.1, -0.05) is 0 Å². The van der Waals surface area contributed by atoms with E-state index >= 15 is 0 Å². The summed E-state index contributed by atoms with van der Waals surface area (Å²) in [7, 11) is 0. The summed E-state index contributed by atoms with van der Waals surface area (Å²) in [5.41, 5.74) is 0.374. The van der Waals surface area contributed by atoms with Crippen molar-refractivity contribution in [2.45, 2.75) is 20.0 Å². The Hall–Kier alpha value is -1.83. The van der Waals surface area contributed by atoms with Crippen molar-refractivity contribution in [1.29, 1.82) is 0 Å². The zero-order valence-corrected chi connectivity index (χ0v) is 11.5. The number of furan rings is 1. The van der Waals surface area contributed by atoms with Crippen molar-refractivity contribution in [2.24, 2.45) is 0 Å². The Balaban J connectivity index is 2.17. The van der Waals surface area contributed by atoms with Crippen LogP contribution in [0.25, 0.3) is 10.8 Å². The van der Waals surface area contributed by atoms with Crippen LogP contribution in [0.3, 0.4) is 0 Å². The zero-order chi connectivity index (χ0) is 14.9. The molecular formula is C12H11F3N2O2S. The van der Waals surface area contributed by atoms with Crippen LogP contribution in [0.4, 0.5) is 13.2 Å². The Bertz CT molecular complexity index is 631. The average Bonchev–Trinajstić information content (AvgIpc) is 2.91. The number of aromatic nitrogens is 1. The first-order valence-electron chi connectivity index (χ1n) is 5.65. The maximum atomic E-state index is 12.1. The van der Waals surface area contributed by atoms with E-state index in [0.29, 0.717) is 22.2 Å². The predicted octanol–water partition coefficient (Wildman–Crippen LogP) is 3.31. The van der Waals surface area contributed by atoms with Gasteiger partial charge in [0.1, 0.15) is 17.2 Å². The number of nitrogens with zero attached hydrogens (tertiary/aromatic N) is 1. The number of alkyl halides is 3. The van der Waals surface area contributed by atoms with Gasteiger partial charge in [0.15, 0.2) is 10.8 Å². The topological polar surface area (TPSA) is 55.1 Å². The van der Waals surface area contributed by atoms with Crippen LogP contribution in [0.2, 0.25) is 0 Å². The Labute approximate surface area is 116 Å². The Morgan fingerprint density at radius 1 is 1.40 bits per heavy atom. The van der Waals surface area contributed by atoms with Gasteiger partial charge in [-0.2, -0.15) is 13.2 Å². The molecule has 20 heavy (non-hydrogen) atoms. The predicted molar refractivity (Wildman–Crippen MR) is 67.7 cm³/mol. The number of amides is 1. The van der Waals surface area contributed by atoms with E-state index in [-0.39, 0.29) is 4.88 Å². The van der Waals surface area contributed by atoms with Gasteiger partial charge in [-0.15, -0.1) is 11.3 Å². The van der Waals surface area contributed by atoms with Crippen LogP contribution in [-0.4, -0.2) is 23.6 Å². The minimum atomic E-state index is -4.44. The number of rotatable bonds is 3. The Kier molecular flexibility index (Phi) is 3.85. The molecule has 4 nitrogen and oxygen atoms in total. The second-order valence-corrected chi connectivity index (χ2v) is 5.14. The summed E-state index contributed by atoms with van der Waals surface area (Å²) in [6, 6.07) is 3.44. The standard InChI is InChI=1S/C12H11F3N2O2S/c1-6-3-4-8(19-6)11-17-7(2)9(20-11)10(18)16-5-12(13,14)15/h3-4H,5H2,1-2H3,(H,16,18). The van der Waals surface area contributed by atoms with Crippen LogP contribution in [-0.2, 0) is 0 Å². The fourth-order valence-electron chi connectivity index (χ4n) is 1.52. The van der Waals surface area contributed by atoms with Gasteiger partial charge >= 0.3 is 6.18 Å². The van der Waals surface area contributed by atoms with Crippen LogP contribution in [0, 0.1) is 13.8 Å². The van der Waals surface area contributed by atoms with E-state index in [4.69, 9.17) is 4.42 Å². The number of nitrogens with one attached hydrogen (secondary N) is 1. The molecule has 0 bridgehead atoms. The third kappa shape index (κ3) is 3.38. The van der Waals surface area contributed by atoms with E-state index in [9.17, 15) is 18.0 Å². The quantitative estimate of drug-likeness (QED) is 0.946. The molecule has 0 aromatic carbocycles. The Morgan fingerprint density at radius 3 is 2.65 bits per heavy atom. The van der Waals surface area contributed by atoms with Gasteiger partial charge in [0, 0.05) is 0 Å². The van der Waals surface area contributed by atoms with Gasteiger partial charge in [0.05, 0.1) is 5.69 Å². The summed E-state index contributed by atoms with van der Waals surface area (Å²) in [5.74, 6) is 0.397. The summed E-state index contributed by atoms with van der Waals surface area (Å²) in [5, 5.41) is 2.29. The molecular weight excluding hydrogens is 293 g/mol. The molecule has 1 N–H and O–H groups in total. The third-order valence-corrected chi connectivity index (χ3v) is 3.57. The molecule has 0 aliphatic carbocycles. The second-order valence-electron chi connectivity index (χ2n) is 4.14. The minimum Gasteiger partial charge on any atom is -0.459 e. The van der Waals surface area contributed by atoms with Gasteiger partial charge < -0.3 is 9.73 Å². The fourth-order valence-corrected chi connectivity index (χ4v) is 2.47. The molecule has 108 valence electrons. The van der Waals surface area contributed by atoms with Crippen molar-refractivity contribution in [1.82, 2.24) is 10.3 Å². The molecule has 8 heteroatoms. The maximum absolute atomic E-state index is 12.1. The van der Waals surface area contributed by atoms with Gasteiger partial charge in [-0.05, 0) is 26.0 Å². The van der Waals surface area contributed by atoms with E-state index in [1.54, 1.807) is 26.0 Å². The molecule has 2 heterocycles. The summed E-state index contributed by atoms with van der Waals surface area (Å²) < 4.78 is 41.6. The molecule has 0 unspecified atom stereocenters. The normalized spacial score (nSPS) is 11.7. The largest absolute Gasteiger partial charge is 0.459 e. The van der Waals surface area contributed by atoms with Crippen LogP contribution < -0.4 is 5.32 Å². The molecule has 0 saturated heterocycles. The fraction of sp³-hybridized carbons (Fsp3) is 0.333. The lowest BCUT2D eigenvalue weighted by Gasteiger charge is -2.07. The van der Waals surface area contributed by atoms with E-state index in [0.717, 1.165) is 11.3 Å². The first-order chi connectivity index (χ1) is 9.26. The van der Waals surface area contributed by atoms with E-state index < -0.39 is 18.6 Å². The number of aryl methyl sites for hydroxylation is 2. The van der Waals surface area contributed by atoms with E-state index in [1.807, 2.05) is 5.32 Å². The number of carbonyl (C=O) groups is 1. The van der Waals surface area contributed by atoms with Crippen molar-refractivity contribution in [3.05, 3.63) is 28.5 Å². The van der Waals surface area contributed by atoms with Gasteiger partial charge in [0.25, 0.3) is 5.91 Å². The second kappa shape index (κ2) is 5.28. The van der Waals surface area contributed by atoms with Gasteiger partial charge in [-0.25, -0.2) is 4.98 Å². The van der Waals surface area contributed by atoms with Crippen LogP contribution in [0.15, 0.2) is 16.5 Å². The Morgan fingerprint density at radius 2 is 2.10 bits per heavy atom. The maximum Gasteiger partial charge on any atom is 0.405 e. The molecule has 0 spiro atoms. The van der Waals surface area contributed by atoms with E-state index in [1.165, 1.54) is 0 Å². The number of carbonyl (C=O) groups excluding carboxylic acids is 1. The van der Waals surface area contributed by atoms with Gasteiger partial charge in [-0.3, -0.25) is 4.79 Å². The molecule has 0 atom stereocenters. The lowest BCUT2D eigenvalue weighted by molar-refractivity contribution is -0.123. The number of hydrogen-bond donors (Lipinski definition) is 1. The van der Waals surface area contributed by atoms with Crippen LogP contribution in [0.5, 0.6) is 0 Å². The van der Waals surface area contributed by atoms with Crippen molar-refractivity contribution in [3.63, 3.8) is 0 Å². The first-order valence-corrected chi connectivity index (χ1v) is 6.47.